The summed E-state index contributed by atoms with van der Waals surface area (Å²) in [5.74, 6) is -0.741. The van der Waals surface area contributed by atoms with Crippen molar-refractivity contribution in [1.82, 2.24) is 9.62 Å². The van der Waals surface area contributed by atoms with E-state index in [4.69, 9.17) is 4.74 Å². The largest absolute Gasteiger partial charge is 0.379 e. The van der Waals surface area contributed by atoms with Crippen LogP contribution in [0.3, 0.4) is 0 Å². The molecule has 1 saturated heterocycles. The number of amides is 2. The van der Waals surface area contributed by atoms with Crippen molar-refractivity contribution in [1.29, 1.82) is 0 Å². The van der Waals surface area contributed by atoms with Crippen molar-refractivity contribution in [2.45, 2.75) is 25.5 Å². The zero-order chi connectivity index (χ0) is 23.0. The maximum atomic E-state index is 12.7. The molecule has 9 heteroatoms. The summed E-state index contributed by atoms with van der Waals surface area (Å²) in [5, 5.41) is 5.63. The average molecular weight is 460 g/mol. The number of nitrogens with zero attached hydrogens (tertiary/aromatic N) is 1. The van der Waals surface area contributed by atoms with Crippen LogP contribution < -0.4 is 10.6 Å². The molecule has 0 bridgehead atoms. The van der Waals surface area contributed by atoms with Gasteiger partial charge in [0.25, 0.3) is 11.8 Å². The number of rotatable bonds is 9. The average Bonchev–Trinajstić information content (AvgIpc) is 2.80. The Morgan fingerprint density at radius 1 is 1.00 bits per heavy atom. The van der Waals surface area contributed by atoms with Gasteiger partial charge < -0.3 is 15.4 Å². The first-order chi connectivity index (χ1) is 15.4. The lowest BCUT2D eigenvalue weighted by Gasteiger charge is -2.26. The lowest BCUT2D eigenvalue weighted by atomic mass is 10.1. The summed E-state index contributed by atoms with van der Waals surface area (Å²) in [6.07, 6.45) is 1.86. The quantitative estimate of drug-likeness (QED) is 0.561. The number of benzene rings is 2. The van der Waals surface area contributed by atoms with Crippen molar-refractivity contribution in [3.05, 3.63) is 65.2 Å². The van der Waals surface area contributed by atoms with E-state index >= 15 is 0 Å². The molecule has 0 spiro atoms. The van der Waals surface area contributed by atoms with Crippen molar-refractivity contribution in [2.24, 2.45) is 0 Å². The number of para-hydroxylation sites is 1. The number of nitrogens with one attached hydrogen (secondary N) is 2. The number of morpholine rings is 1. The molecule has 0 aromatic heterocycles. The fourth-order valence-corrected chi connectivity index (χ4v) is 4.84. The molecule has 1 aliphatic heterocycles. The molecule has 3 rings (SSSR count). The van der Waals surface area contributed by atoms with Crippen molar-refractivity contribution < 1.29 is 22.7 Å². The van der Waals surface area contributed by atoms with Gasteiger partial charge in [-0.2, -0.15) is 4.31 Å². The van der Waals surface area contributed by atoms with Crippen molar-refractivity contribution >= 4 is 27.5 Å². The van der Waals surface area contributed by atoms with Gasteiger partial charge in [-0.3, -0.25) is 9.59 Å². The lowest BCUT2D eigenvalue weighted by molar-refractivity contribution is 0.0729. The fraction of sp³-hybridized carbons (Fsp3) is 0.391. The van der Waals surface area contributed by atoms with Gasteiger partial charge in [0, 0.05) is 25.2 Å². The highest BCUT2D eigenvalue weighted by Gasteiger charge is 2.24. The SMILES string of the molecule is CCCCNC(=O)c1ccccc1NC(=O)c1ccc(CS(=O)(=O)N2CCOCC2)cc1. The number of carbonyl (C=O) groups is 2. The van der Waals surface area contributed by atoms with E-state index in [0.29, 0.717) is 55.2 Å². The van der Waals surface area contributed by atoms with Gasteiger partial charge in [0.15, 0.2) is 0 Å². The summed E-state index contributed by atoms with van der Waals surface area (Å²) >= 11 is 0. The Bertz CT molecular complexity index is 1030. The van der Waals surface area contributed by atoms with Gasteiger partial charge in [0.2, 0.25) is 10.0 Å². The number of hydrogen-bond donors (Lipinski definition) is 2. The predicted molar refractivity (Wildman–Crippen MR) is 123 cm³/mol. The zero-order valence-corrected chi connectivity index (χ0v) is 19.0. The zero-order valence-electron chi connectivity index (χ0n) is 18.2. The van der Waals surface area contributed by atoms with Crippen molar-refractivity contribution in [3.8, 4) is 0 Å². The van der Waals surface area contributed by atoms with Gasteiger partial charge in [0.1, 0.15) is 0 Å². The van der Waals surface area contributed by atoms with E-state index in [1.54, 1.807) is 48.5 Å². The molecule has 8 nitrogen and oxygen atoms in total. The molecule has 32 heavy (non-hydrogen) atoms. The van der Waals surface area contributed by atoms with Crippen LogP contribution in [0.1, 0.15) is 46.0 Å². The van der Waals surface area contributed by atoms with Crippen LogP contribution in [-0.4, -0.2) is 57.4 Å². The third-order valence-corrected chi connectivity index (χ3v) is 7.01. The Labute approximate surface area is 189 Å². The summed E-state index contributed by atoms with van der Waals surface area (Å²) in [6, 6.07) is 13.3. The number of ether oxygens (including phenoxy) is 1. The summed E-state index contributed by atoms with van der Waals surface area (Å²) < 4.78 is 31.8. The van der Waals surface area contributed by atoms with Gasteiger partial charge in [-0.15, -0.1) is 0 Å². The van der Waals surface area contributed by atoms with E-state index in [9.17, 15) is 18.0 Å². The molecule has 1 fully saturated rings. The summed E-state index contributed by atoms with van der Waals surface area (Å²) in [6.45, 7) is 4.13. The van der Waals surface area contributed by atoms with Gasteiger partial charge >= 0.3 is 0 Å². The van der Waals surface area contributed by atoms with Gasteiger partial charge in [-0.1, -0.05) is 37.6 Å². The fourth-order valence-electron chi connectivity index (χ4n) is 3.34. The van der Waals surface area contributed by atoms with E-state index in [-0.39, 0.29) is 17.6 Å². The molecule has 0 unspecified atom stereocenters. The molecule has 2 amide bonds. The molecule has 172 valence electrons. The Hall–Kier alpha value is -2.75. The van der Waals surface area contributed by atoms with E-state index in [1.165, 1.54) is 4.31 Å². The lowest BCUT2D eigenvalue weighted by Crippen LogP contribution is -2.41. The summed E-state index contributed by atoms with van der Waals surface area (Å²) in [7, 11) is -3.43. The summed E-state index contributed by atoms with van der Waals surface area (Å²) in [4.78, 5) is 25.1. The third-order valence-electron chi connectivity index (χ3n) is 5.16. The van der Waals surface area contributed by atoms with Crippen LogP contribution in [0, 0.1) is 0 Å². The molecule has 1 heterocycles. The molecule has 1 aliphatic rings. The minimum Gasteiger partial charge on any atom is -0.379 e. The molecule has 2 aromatic carbocycles. The molecule has 2 N–H and O–H groups in total. The molecular weight excluding hydrogens is 430 g/mol. The predicted octanol–water partition coefficient (Wildman–Crippen LogP) is 2.63. The van der Waals surface area contributed by atoms with Crippen LogP contribution in [0.5, 0.6) is 0 Å². The summed E-state index contributed by atoms with van der Waals surface area (Å²) in [5.41, 5.74) is 1.79. The Kier molecular flexibility index (Phi) is 8.38. The van der Waals surface area contributed by atoms with Crippen LogP contribution >= 0.6 is 0 Å². The van der Waals surface area contributed by atoms with Crippen molar-refractivity contribution in [3.63, 3.8) is 0 Å². The molecule has 2 aromatic rings. The number of anilines is 1. The van der Waals surface area contributed by atoms with Crippen LogP contribution in [-0.2, 0) is 20.5 Å². The normalized spacial score (nSPS) is 14.7. The molecule has 0 aliphatic carbocycles. The number of sulfonamides is 1. The first-order valence-corrected chi connectivity index (χ1v) is 12.3. The first-order valence-electron chi connectivity index (χ1n) is 10.7. The maximum Gasteiger partial charge on any atom is 0.255 e. The Morgan fingerprint density at radius 3 is 2.38 bits per heavy atom. The molecule has 0 saturated carbocycles. The molecular formula is C23H29N3O5S. The monoisotopic (exact) mass is 459 g/mol. The van der Waals surface area contributed by atoms with E-state index < -0.39 is 10.0 Å². The smallest absolute Gasteiger partial charge is 0.255 e. The molecule has 0 atom stereocenters. The van der Waals surface area contributed by atoms with Gasteiger partial charge in [0.05, 0.1) is 30.2 Å². The standard InChI is InChI=1S/C23H29N3O5S/c1-2-3-12-24-23(28)20-6-4-5-7-21(20)25-22(27)19-10-8-18(9-11-19)17-32(29,30)26-13-15-31-16-14-26/h4-11H,2-3,12-17H2,1H3,(H,24,28)(H,25,27). The van der Waals surface area contributed by atoms with Crippen LogP contribution in [0.15, 0.2) is 48.5 Å². The number of carbonyl (C=O) groups excluding carboxylic acids is 2. The highest BCUT2D eigenvalue weighted by molar-refractivity contribution is 7.88. The maximum absolute atomic E-state index is 12.7. The minimum absolute atomic E-state index is 0.129. The van der Waals surface area contributed by atoms with E-state index in [1.807, 2.05) is 6.92 Å². The van der Waals surface area contributed by atoms with E-state index in [2.05, 4.69) is 10.6 Å². The van der Waals surface area contributed by atoms with Crippen LogP contribution in [0.25, 0.3) is 0 Å². The highest BCUT2D eigenvalue weighted by atomic mass is 32.2. The second-order valence-corrected chi connectivity index (χ2v) is 9.54. The second kappa shape index (κ2) is 11.2. The third kappa shape index (κ3) is 6.38. The highest BCUT2D eigenvalue weighted by Crippen LogP contribution is 2.18. The van der Waals surface area contributed by atoms with Gasteiger partial charge in [-0.05, 0) is 36.2 Å². The van der Waals surface area contributed by atoms with Crippen LogP contribution in [0.2, 0.25) is 0 Å². The van der Waals surface area contributed by atoms with Crippen molar-refractivity contribution in [2.75, 3.05) is 38.2 Å². The Morgan fingerprint density at radius 2 is 1.69 bits per heavy atom. The topological polar surface area (TPSA) is 105 Å². The minimum atomic E-state index is -3.43. The second-order valence-electron chi connectivity index (χ2n) is 7.57. The number of unbranched alkanes of at least 4 members (excludes halogenated alkanes) is 1. The Balaban J connectivity index is 1.65. The first kappa shape index (κ1) is 23.9. The van der Waals surface area contributed by atoms with E-state index in [0.717, 1.165) is 12.8 Å². The molecule has 0 radical (unpaired) electrons. The van der Waals surface area contributed by atoms with Crippen LogP contribution in [0.4, 0.5) is 5.69 Å². The van der Waals surface area contributed by atoms with Gasteiger partial charge in [-0.25, -0.2) is 8.42 Å². The number of hydrogen-bond acceptors (Lipinski definition) is 5.